The van der Waals surface area contributed by atoms with Gasteiger partial charge in [-0.15, -0.1) is 0 Å². The number of benzene rings is 1. The summed E-state index contributed by atoms with van der Waals surface area (Å²) in [6.45, 7) is 0. The van der Waals surface area contributed by atoms with E-state index in [1.807, 2.05) is 0 Å². The van der Waals surface area contributed by atoms with Crippen molar-refractivity contribution in [1.29, 1.82) is 0 Å². The van der Waals surface area contributed by atoms with Crippen LogP contribution < -0.4 is 4.90 Å². The average Bonchev–Trinajstić information content (AvgIpc) is 2.03. The SMILES string of the molecule is CN(C)c1cc(Br)ccc1[N+](=O)[O-]. The fourth-order valence-corrected chi connectivity index (χ4v) is 1.36. The molecule has 0 spiro atoms. The maximum absolute atomic E-state index is 10.6. The van der Waals surface area contributed by atoms with Crippen molar-refractivity contribution in [3.8, 4) is 0 Å². The van der Waals surface area contributed by atoms with Gasteiger partial charge in [-0.05, 0) is 12.1 Å². The van der Waals surface area contributed by atoms with Crippen LogP contribution >= 0.6 is 15.9 Å². The summed E-state index contributed by atoms with van der Waals surface area (Å²) in [6, 6.07) is 4.86. The van der Waals surface area contributed by atoms with E-state index in [0.29, 0.717) is 5.69 Å². The lowest BCUT2D eigenvalue weighted by molar-refractivity contribution is -0.384. The number of hydrogen-bond acceptors (Lipinski definition) is 3. The average molecular weight is 245 g/mol. The largest absolute Gasteiger partial charge is 0.372 e. The summed E-state index contributed by atoms with van der Waals surface area (Å²) in [5.74, 6) is 0. The minimum absolute atomic E-state index is 0.119. The summed E-state index contributed by atoms with van der Waals surface area (Å²) >= 11 is 3.26. The molecule has 1 rings (SSSR count). The monoisotopic (exact) mass is 244 g/mol. The van der Waals surface area contributed by atoms with Crippen LogP contribution in [0.2, 0.25) is 0 Å². The Hall–Kier alpha value is -1.10. The highest BCUT2D eigenvalue weighted by Gasteiger charge is 2.14. The van der Waals surface area contributed by atoms with Gasteiger partial charge in [0, 0.05) is 24.6 Å². The van der Waals surface area contributed by atoms with E-state index < -0.39 is 0 Å². The number of nitro groups is 1. The van der Waals surface area contributed by atoms with Crippen LogP contribution in [-0.2, 0) is 0 Å². The van der Waals surface area contributed by atoms with E-state index in [1.54, 1.807) is 31.1 Å². The Morgan fingerprint density at radius 3 is 2.54 bits per heavy atom. The van der Waals surface area contributed by atoms with Crippen LogP contribution in [0.15, 0.2) is 22.7 Å². The van der Waals surface area contributed by atoms with Gasteiger partial charge < -0.3 is 4.90 Å². The van der Waals surface area contributed by atoms with Crippen molar-refractivity contribution < 1.29 is 4.92 Å². The molecular formula is C8H9BrN2O2. The van der Waals surface area contributed by atoms with Gasteiger partial charge in [0.15, 0.2) is 0 Å². The molecule has 0 amide bonds. The quantitative estimate of drug-likeness (QED) is 0.593. The fraction of sp³-hybridized carbons (Fsp3) is 0.250. The smallest absolute Gasteiger partial charge is 0.292 e. The molecule has 0 saturated carbocycles. The van der Waals surface area contributed by atoms with E-state index in [4.69, 9.17) is 0 Å². The van der Waals surface area contributed by atoms with Gasteiger partial charge in [-0.25, -0.2) is 0 Å². The van der Waals surface area contributed by atoms with Crippen LogP contribution in [0.4, 0.5) is 11.4 Å². The Morgan fingerprint density at radius 1 is 1.46 bits per heavy atom. The van der Waals surface area contributed by atoms with Gasteiger partial charge in [-0.1, -0.05) is 15.9 Å². The summed E-state index contributed by atoms with van der Waals surface area (Å²) < 4.78 is 0.835. The van der Waals surface area contributed by atoms with Gasteiger partial charge in [0.05, 0.1) is 4.92 Å². The standard InChI is InChI=1S/C8H9BrN2O2/c1-10(2)8-5-6(9)3-4-7(8)11(12)13/h3-5H,1-2H3. The van der Waals surface area contributed by atoms with E-state index in [1.165, 1.54) is 6.07 Å². The molecule has 0 aliphatic carbocycles. The molecule has 0 aromatic heterocycles. The number of rotatable bonds is 2. The Bertz CT molecular complexity index is 339. The minimum atomic E-state index is -0.387. The molecule has 0 bridgehead atoms. The van der Waals surface area contributed by atoms with Gasteiger partial charge in [0.25, 0.3) is 5.69 Å². The van der Waals surface area contributed by atoms with E-state index in [-0.39, 0.29) is 10.6 Å². The van der Waals surface area contributed by atoms with Crippen molar-refractivity contribution >= 4 is 27.3 Å². The first-order valence-corrected chi connectivity index (χ1v) is 4.43. The lowest BCUT2D eigenvalue weighted by Crippen LogP contribution is -2.10. The predicted molar refractivity (Wildman–Crippen MR) is 55.1 cm³/mol. The predicted octanol–water partition coefficient (Wildman–Crippen LogP) is 2.42. The molecule has 0 saturated heterocycles. The molecule has 0 aliphatic rings. The van der Waals surface area contributed by atoms with Crippen LogP contribution in [-0.4, -0.2) is 19.0 Å². The van der Waals surface area contributed by atoms with Crippen LogP contribution in [0.1, 0.15) is 0 Å². The Balaban J connectivity index is 3.26. The number of anilines is 1. The molecule has 70 valence electrons. The lowest BCUT2D eigenvalue weighted by atomic mass is 10.2. The molecule has 1 aromatic rings. The molecule has 0 aliphatic heterocycles. The number of halogens is 1. The van der Waals surface area contributed by atoms with Crippen LogP contribution in [0.3, 0.4) is 0 Å². The molecular weight excluding hydrogens is 236 g/mol. The molecule has 0 radical (unpaired) electrons. The Kier molecular flexibility index (Phi) is 2.87. The first-order chi connectivity index (χ1) is 6.02. The topological polar surface area (TPSA) is 46.4 Å². The number of nitrogens with zero attached hydrogens (tertiary/aromatic N) is 2. The highest BCUT2D eigenvalue weighted by atomic mass is 79.9. The maximum Gasteiger partial charge on any atom is 0.292 e. The first kappa shape index (κ1) is 9.98. The van der Waals surface area contributed by atoms with Crippen LogP contribution in [0.25, 0.3) is 0 Å². The number of nitro benzene ring substituents is 1. The summed E-state index contributed by atoms with van der Waals surface area (Å²) in [7, 11) is 3.55. The molecule has 1 aromatic carbocycles. The highest BCUT2D eigenvalue weighted by molar-refractivity contribution is 9.10. The zero-order valence-corrected chi connectivity index (χ0v) is 8.91. The van der Waals surface area contributed by atoms with Crippen molar-refractivity contribution in [2.45, 2.75) is 0 Å². The molecule has 0 atom stereocenters. The summed E-state index contributed by atoms with van der Waals surface area (Å²) in [4.78, 5) is 11.9. The second-order valence-corrected chi connectivity index (χ2v) is 3.70. The minimum Gasteiger partial charge on any atom is -0.372 e. The van der Waals surface area contributed by atoms with Crippen molar-refractivity contribution in [2.75, 3.05) is 19.0 Å². The second-order valence-electron chi connectivity index (χ2n) is 2.78. The number of hydrogen-bond donors (Lipinski definition) is 0. The summed E-state index contributed by atoms with van der Waals surface area (Å²) in [5.41, 5.74) is 0.715. The fourth-order valence-electron chi connectivity index (χ4n) is 1.01. The Morgan fingerprint density at radius 2 is 2.08 bits per heavy atom. The highest BCUT2D eigenvalue weighted by Crippen LogP contribution is 2.29. The zero-order chi connectivity index (χ0) is 10.0. The third-order valence-corrected chi connectivity index (χ3v) is 2.11. The van der Waals surface area contributed by atoms with Crippen LogP contribution in [0.5, 0.6) is 0 Å². The van der Waals surface area contributed by atoms with Gasteiger partial charge in [0.1, 0.15) is 5.69 Å². The second kappa shape index (κ2) is 3.74. The van der Waals surface area contributed by atoms with Crippen LogP contribution in [0, 0.1) is 10.1 Å². The molecule has 0 heterocycles. The Labute approximate surface area is 84.4 Å². The summed E-state index contributed by atoms with van der Waals surface area (Å²) in [6.07, 6.45) is 0. The van der Waals surface area contributed by atoms with Gasteiger partial charge in [-0.3, -0.25) is 10.1 Å². The molecule has 0 fully saturated rings. The third kappa shape index (κ3) is 2.18. The third-order valence-electron chi connectivity index (χ3n) is 1.62. The van der Waals surface area contributed by atoms with Crippen molar-refractivity contribution in [3.63, 3.8) is 0 Å². The zero-order valence-electron chi connectivity index (χ0n) is 7.32. The molecule has 0 unspecified atom stereocenters. The van der Waals surface area contributed by atoms with E-state index in [9.17, 15) is 10.1 Å². The van der Waals surface area contributed by atoms with Crippen molar-refractivity contribution in [3.05, 3.63) is 32.8 Å². The molecule has 4 nitrogen and oxygen atoms in total. The molecule has 5 heteroatoms. The van der Waals surface area contributed by atoms with Crippen molar-refractivity contribution in [1.82, 2.24) is 0 Å². The molecule has 0 N–H and O–H groups in total. The molecule has 13 heavy (non-hydrogen) atoms. The van der Waals surface area contributed by atoms with E-state index >= 15 is 0 Å². The summed E-state index contributed by atoms with van der Waals surface area (Å²) in [5, 5.41) is 10.6. The first-order valence-electron chi connectivity index (χ1n) is 3.63. The van der Waals surface area contributed by atoms with E-state index in [2.05, 4.69) is 15.9 Å². The van der Waals surface area contributed by atoms with Gasteiger partial charge in [-0.2, -0.15) is 0 Å². The lowest BCUT2D eigenvalue weighted by Gasteiger charge is -2.12. The van der Waals surface area contributed by atoms with Gasteiger partial charge in [0.2, 0.25) is 0 Å². The normalized spacial score (nSPS) is 9.77. The maximum atomic E-state index is 10.6. The van der Waals surface area contributed by atoms with Crippen molar-refractivity contribution in [2.24, 2.45) is 0 Å². The van der Waals surface area contributed by atoms with Gasteiger partial charge >= 0.3 is 0 Å². The van der Waals surface area contributed by atoms with E-state index in [0.717, 1.165) is 4.47 Å².